The molecule has 0 atom stereocenters. The summed E-state index contributed by atoms with van der Waals surface area (Å²) in [7, 11) is 1.61. The van der Waals surface area contributed by atoms with Gasteiger partial charge in [0.25, 0.3) is 5.91 Å². The summed E-state index contributed by atoms with van der Waals surface area (Å²) >= 11 is 0. The third kappa shape index (κ3) is 4.67. The summed E-state index contributed by atoms with van der Waals surface area (Å²) < 4.78 is 15.8. The van der Waals surface area contributed by atoms with E-state index >= 15 is 0 Å². The van der Waals surface area contributed by atoms with Crippen LogP contribution in [0, 0.1) is 0 Å². The van der Waals surface area contributed by atoms with Gasteiger partial charge < -0.3 is 19.2 Å². The molecule has 140 valence electrons. The van der Waals surface area contributed by atoms with Crippen LogP contribution >= 0.6 is 0 Å². The largest absolute Gasteiger partial charge is 0.497 e. The minimum Gasteiger partial charge on any atom is -0.497 e. The standard InChI is InChI=1S/C21H21NO5/c1-3-15-10-21(24)27-19-11-17(8-9-18(15)19)26-13-20(23)22-12-14-4-6-16(25-2)7-5-14/h4-11H,3,12-13H2,1-2H3,(H,22,23). The van der Waals surface area contributed by atoms with Crippen molar-refractivity contribution in [2.75, 3.05) is 13.7 Å². The molecule has 0 bridgehead atoms. The first-order chi connectivity index (χ1) is 13.1. The highest BCUT2D eigenvalue weighted by atomic mass is 16.5. The smallest absolute Gasteiger partial charge is 0.336 e. The Kier molecular flexibility index (Phi) is 5.76. The molecule has 0 saturated heterocycles. The van der Waals surface area contributed by atoms with Gasteiger partial charge in [-0.25, -0.2) is 4.79 Å². The quantitative estimate of drug-likeness (QED) is 0.650. The number of ether oxygens (including phenoxy) is 2. The fourth-order valence-electron chi connectivity index (χ4n) is 2.74. The van der Waals surface area contributed by atoms with E-state index in [0.29, 0.717) is 17.9 Å². The molecule has 0 spiro atoms. The number of fused-ring (bicyclic) bond motifs is 1. The van der Waals surface area contributed by atoms with Gasteiger partial charge in [-0.05, 0) is 41.8 Å². The lowest BCUT2D eigenvalue weighted by molar-refractivity contribution is -0.123. The zero-order chi connectivity index (χ0) is 19.2. The second-order valence-electron chi connectivity index (χ2n) is 6.02. The van der Waals surface area contributed by atoms with Crippen molar-refractivity contribution < 1.29 is 18.7 Å². The van der Waals surface area contributed by atoms with Crippen LogP contribution in [0.5, 0.6) is 11.5 Å². The second kappa shape index (κ2) is 8.40. The minimum absolute atomic E-state index is 0.126. The Bertz CT molecular complexity index is 992. The molecule has 0 aliphatic carbocycles. The number of hydrogen-bond acceptors (Lipinski definition) is 5. The zero-order valence-electron chi connectivity index (χ0n) is 15.3. The molecule has 0 radical (unpaired) electrons. The Morgan fingerprint density at radius 1 is 1.07 bits per heavy atom. The first kappa shape index (κ1) is 18.5. The van der Waals surface area contributed by atoms with E-state index in [-0.39, 0.29) is 12.5 Å². The number of hydrogen-bond donors (Lipinski definition) is 1. The van der Waals surface area contributed by atoms with E-state index in [2.05, 4.69) is 5.32 Å². The third-order valence-corrected chi connectivity index (χ3v) is 4.20. The van der Waals surface area contributed by atoms with Gasteiger partial charge in [-0.1, -0.05) is 19.1 Å². The van der Waals surface area contributed by atoms with Crippen molar-refractivity contribution in [3.8, 4) is 11.5 Å². The molecular formula is C21H21NO5. The summed E-state index contributed by atoms with van der Waals surface area (Å²) in [5.41, 5.74) is 1.94. The highest BCUT2D eigenvalue weighted by Gasteiger charge is 2.08. The van der Waals surface area contributed by atoms with Crippen molar-refractivity contribution in [2.45, 2.75) is 19.9 Å². The molecule has 1 amide bonds. The summed E-state index contributed by atoms with van der Waals surface area (Å²) in [6.45, 7) is 2.25. The molecule has 0 saturated carbocycles. The molecule has 6 nitrogen and oxygen atoms in total. The number of benzene rings is 2. The highest BCUT2D eigenvalue weighted by molar-refractivity contribution is 5.82. The highest BCUT2D eigenvalue weighted by Crippen LogP contribution is 2.23. The summed E-state index contributed by atoms with van der Waals surface area (Å²) in [5.74, 6) is 0.996. The van der Waals surface area contributed by atoms with Crippen LogP contribution in [0.3, 0.4) is 0 Å². The van der Waals surface area contributed by atoms with Crippen LogP contribution < -0.4 is 20.4 Å². The van der Waals surface area contributed by atoms with Crippen molar-refractivity contribution in [2.24, 2.45) is 0 Å². The maximum Gasteiger partial charge on any atom is 0.336 e. The Labute approximate surface area is 156 Å². The Morgan fingerprint density at radius 2 is 1.81 bits per heavy atom. The molecule has 1 aromatic heterocycles. The van der Waals surface area contributed by atoms with Gasteiger partial charge in [0, 0.05) is 24.1 Å². The molecule has 1 heterocycles. The maximum atomic E-state index is 12.0. The predicted molar refractivity (Wildman–Crippen MR) is 102 cm³/mol. The van der Waals surface area contributed by atoms with Gasteiger partial charge in [0.1, 0.15) is 17.1 Å². The average Bonchev–Trinajstić information content (AvgIpc) is 2.70. The van der Waals surface area contributed by atoms with Gasteiger partial charge in [-0.3, -0.25) is 4.79 Å². The predicted octanol–water partition coefficient (Wildman–Crippen LogP) is 3.06. The molecule has 0 aliphatic rings. The Morgan fingerprint density at radius 3 is 2.52 bits per heavy atom. The fraction of sp³-hybridized carbons (Fsp3) is 0.238. The number of rotatable bonds is 7. The maximum absolute atomic E-state index is 12.0. The molecule has 3 rings (SSSR count). The summed E-state index contributed by atoms with van der Waals surface area (Å²) in [5, 5.41) is 3.66. The van der Waals surface area contributed by atoms with E-state index in [1.807, 2.05) is 37.3 Å². The molecular weight excluding hydrogens is 346 g/mol. The summed E-state index contributed by atoms with van der Waals surface area (Å²) in [6.07, 6.45) is 0.732. The average molecular weight is 367 g/mol. The van der Waals surface area contributed by atoms with Gasteiger partial charge >= 0.3 is 5.63 Å². The van der Waals surface area contributed by atoms with Gasteiger partial charge in [0.15, 0.2) is 6.61 Å². The van der Waals surface area contributed by atoms with Gasteiger partial charge in [-0.2, -0.15) is 0 Å². The lowest BCUT2D eigenvalue weighted by atomic mass is 10.1. The lowest BCUT2D eigenvalue weighted by Gasteiger charge is -2.09. The van der Waals surface area contributed by atoms with Crippen molar-refractivity contribution in [3.05, 3.63) is 70.1 Å². The number of aryl methyl sites for hydroxylation is 1. The molecule has 27 heavy (non-hydrogen) atoms. The van der Waals surface area contributed by atoms with Crippen LogP contribution in [-0.4, -0.2) is 19.6 Å². The number of nitrogens with one attached hydrogen (secondary N) is 1. The van der Waals surface area contributed by atoms with Crippen LogP contribution in [0.25, 0.3) is 11.0 Å². The minimum atomic E-state index is -0.395. The lowest BCUT2D eigenvalue weighted by Crippen LogP contribution is -2.28. The van der Waals surface area contributed by atoms with E-state index in [4.69, 9.17) is 13.9 Å². The topological polar surface area (TPSA) is 77.8 Å². The van der Waals surface area contributed by atoms with Crippen molar-refractivity contribution in [1.82, 2.24) is 5.32 Å². The van der Waals surface area contributed by atoms with Crippen LogP contribution in [0.1, 0.15) is 18.1 Å². The van der Waals surface area contributed by atoms with Crippen LogP contribution in [0.2, 0.25) is 0 Å². The Hall–Kier alpha value is -3.28. The first-order valence-electron chi connectivity index (χ1n) is 8.68. The molecule has 2 aromatic carbocycles. The summed E-state index contributed by atoms with van der Waals surface area (Å²) in [4.78, 5) is 23.6. The molecule has 3 aromatic rings. The third-order valence-electron chi connectivity index (χ3n) is 4.20. The molecule has 1 N–H and O–H groups in total. The molecule has 0 unspecified atom stereocenters. The van der Waals surface area contributed by atoms with Gasteiger partial charge in [0.2, 0.25) is 0 Å². The normalized spacial score (nSPS) is 10.6. The van der Waals surface area contributed by atoms with Gasteiger partial charge in [0.05, 0.1) is 7.11 Å². The SMILES string of the molecule is CCc1cc(=O)oc2cc(OCC(=O)NCc3ccc(OC)cc3)ccc12. The molecule has 0 fully saturated rings. The van der Waals surface area contributed by atoms with Crippen molar-refractivity contribution >= 4 is 16.9 Å². The number of carbonyl (C=O) groups excluding carboxylic acids is 1. The van der Waals surface area contributed by atoms with Gasteiger partial charge in [-0.15, -0.1) is 0 Å². The Balaban J connectivity index is 1.58. The number of carbonyl (C=O) groups is 1. The van der Waals surface area contributed by atoms with E-state index < -0.39 is 5.63 Å². The van der Waals surface area contributed by atoms with E-state index in [0.717, 1.165) is 28.7 Å². The van der Waals surface area contributed by atoms with E-state index in [9.17, 15) is 9.59 Å². The van der Waals surface area contributed by atoms with E-state index in [1.54, 1.807) is 19.2 Å². The fourth-order valence-corrected chi connectivity index (χ4v) is 2.74. The number of amides is 1. The first-order valence-corrected chi connectivity index (χ1v) is 8.68. The molecule has 6 heteroatoms. The van der Waals surface area contributed by atoms with Crippen LogP contribution in [0.4, 0.5) is 0 Å². The second-order valence-corrected chi connectivity index (χ2v) is 6.02. The monoisotopic (exact) mass is 367 g/mol. The van der Waals surface area contributed by atoms with Crippen LogP contribution in [0.15, 0.2) is 57.7 Å². The number of methoxy groups -OCH3 is 1. The van der Waals surface area contributed by atoms with Crippen molar-refractivity contribution in [3.63, 3.8) is 0 Å². The van der Waals surface area contributed by atoms with E-state index in [1.165, 1.54) is 6.07 Å². The van der Waals surface area contributed by atoms with Crippen molar-refractivity contribution in [1.29, 1.82) is 0 Å². The zero-order valence-corrected chi connectivity index (χ0v) is 15.3. The van der Waals surface area contributed by atoms with Crippen LogP contribution in [-0.2, 0) is 17.8 Å². The molecule has 0 aliphatic heterocycles. The summed E-state index contributed by atoms with van der Waals surface area (Å²) in [6, 6.07) is 14.2.